The zero-order valence-corrected chi connectivity index (χ0v) is 15.2. The lowest BCUT2D eigenvalue weighted by Gasteiger charge is -2.16. The molecule has 2 rings (SSSR count). The highest BCUT2D eigenvalue weighted by Crippen LogP contribution is 2.36. The number of rotatable bonds is 7. The number of hydrogen-bond acceptors (Lipinski definition) is 3. The minimum absolute atomic E-state index is 0. The van der Waals surface area contributed by atoms with Crippen LogP contribution in [0.25, 0.3) is 0 Å². The maximum absolute atomic E-state index is 6.29. The molecule has 0 aliphatic heterocycles. The summed E-state index contributed by atoms with van der Waals surface area (Å²) < 4.78 is 10.9. The molecule has 0 radical (unpaired) electrons. The van der Waals surface area contributed by atoms with Crippen LogP contribution >= 0.6 is 24.0 Å². The smallest absolute Gasteiger partial charge is 0.179 e. The van der Waals surface area contributed by atoms with Crippen molar-refractivity contribution >= 4 is 24.0 Å². The van der Waals surface area contributed by atoms with Crippen LogP contribution in [0.5, 0.6) is 11.5 Å². The second-order valence-corrected chi connectivity index (χ2v) is 5.46. The summed E-state index contributed by atoms with van der Waals surface area (Å²) in [5, 5.41) is 4.06. The first-order chi connectivity index (χ1) is 10.7. The third-order valence-corrected chi connectivity index (χ3v) is 3.77. The molecule has 0 saturated heterocycles. The first-order valence-corrected chi connectivity index (χ1v) is 7.81. The summed E-state index contributed by atoms with van der Waals surface area (Å²) in [4.78, 5) is 0. The van der Waals surface area contributed by atoms with Crippen molar-refractivity contribution in [3.63, 3.8) is 0 Å². The van der Waals surface area contributed by atoms with Crippen molar-refractivity contribution < 1.29 is 9.47 Å². The molecule has 0 heterocycles. The van der Waals surface area contributed by atoms with Crippen LogP contribution < -0.4 is 14.8 Å². The minimum atomic E-state index is 0. The first kappa shape index (κ1) is 19.6. The van der Waals surface area contributed by atoms with E-state index in [2.05, 4.69) is 24.4 Å². The van der Waals surface area contributed by atoms with E-state index in [0.717, 1.165) is 5.56 Å². The Morgan fingerprint density at radius 1 is 1.17 bits per heavy atom. The van der Waals surface area contributed by atoms with Gasteiger partial charge in [0.1, 0.15) is 0 Å². The summed E-state index contributed by atoms with van der Waals surface area (Å²) in [7, 11) is 1.62. The molecule has 0 bridgehead atoms. The molecule has 0 fully saturated rings. The zero-order valence-electron chi connectivity index (χ0n) is 13.6. The van der Waals surface area contributed by atoms with E-state index in [4.69, 9.17) is 21.1 Å². The maximum Gasteiger partial charge on any atom is 0.179 e. The van der Waals surface area contributed by atoms with Crippen LogP contribution in [0.3, 0.4) is 0 Å². The average molecular weight is 356 g/mol. The number of hydrogen-bond donors (Lipinski definition) is 1. The molecule has 0 saturated carbocycles. The number of ether oxygens (including phenoxy) is 2. The number of benzene rings is 2. The highest BCUT2D eigenvalue weighted by molar-refractivity contribution is 6.32. The Kier molecular flexibility index (Phi) is 8.24. The maximum atomic E-state index is 6.29. The van der Waals surface area contributed by atoms with Gasteiger partial charge in [-0.25, -0.2) is 0 Å². The highest BCUT2D eigenvalue weighted by atomic mass is 35.5. The average Bonchev–Trinajstić information content (AvgIpc) is 2.55. The van der Waals surface area contributed by atoms with Gasteiger partial charge in [0.2, 0.25) is 0 Å². The molecule has 1 N–H and O–H groups in total. The van der Waals surface area contributed by atoms with Crippen LogP contribution in [0.15, 0.2) is 42.5 Å². The van der Waals surface area contributed by atoms with Crippen LogP contribution in [-0.2, 0) is 6.54 Å². The number of nitrogens with one attached hydrogen (secondary N) is 1. The Morgan fingerprint density at radius 2 is 1.87 bits per heavy atom. The van der Waals surface area contributed by atoms with Gasteiger partial charge in [-0.15, -0.1) is 12.4 Å². The van der Waals surface area contributed by atoms with Gasteiger partial charge >= 0.3 is 0 Å². The molecule has 0 aliphatic carbocycles. The molecule has 2 aromatic rings. The van der Waals surface area contributed by atoms with Gasteiger partial charge in [0.25, 0.3) is 0 Å². The normalized spacial score (nSPS) is 11.5. The van der Waals surface area contributed by atoms with E-state index in [1.54, 1.807) is 7.11 Å². The van der Waals surface area contributed by atoms with E-state index in [1.165, 1.54) is 5.56 Å². The van der Waals surface area contributed by atoms with E-state index in [9.17, 15) is 0 Å². The molecule has 1 atom stereocenters. The van der Waals surface area contributed by atoms with Gasteiger partial charge in [-0.05, 0) is 37.1 Å². The van der Waals surface area contributed by atoms with E-state index in [1.807, 2.05) is 37.3 Å². The Bertz CT molecular complexity index is 605. The molecule has 3 nitrogen and oxygen atoms in total. The molecule has 0 aromatic heterocycles. The van der Waals surface area contributed by atoms with Gasteiger partial charge in [0, 0.05) is 12.6 Å². The molecule has 5 heteroatoms. The van der Waals surface area contributed by atoms with Crippen LogP contribution in [0.2, 0.25) is 5.02 Å². The standard InChI is InChI=1S/C18H22ClNO2.ClH/c1-4-22-18-16(19)10-14(11-17(18)21-3)12-20-13(2)15-8-6-5-7-9-15;/h5-11,13,20H,4,12H2,1-3H3;1H. The van der Waals surface area contributed by atoms with Crippen molar-refractivity contribution in [2.75, 3.05) is 13.7 Å². The van der Waals surface area contributed by atoms with Gasteiger partial charge in [-0.1, -0.05) is 41.9 Å². The fraction of sp³-hybridized carbons (Fsp3) is 0.333. The summed E-state index contributed by atoms with van der Waals surface area (Å²) >= 11 is 6.29. The number of methoxy groups -OCH3 is 1. The SMILES string of the molecule is CCOc1c(Cl)cc(CNC(C)c2ccccc2)cc1OC.Cl. The predicted octanol–water partition coefficient (Wildman–Crippen LogP) is 5.02. The van der Waals surface area contributed by atoms with Crippen LogP contribution in [0.4, 0.5) is 0 Å². The third kappa shape index (κ3) is 5.31. The molecule has 2 aromatic carbocycles. The molecular weight excluding hydrogens is 333 g/mol. The lowest BCUT2D eigenvalue weighted by atomic mass is 10.1. The predicted molar refractivity (Wildman–Crippen MR) is 98.1 cm³/mol. The Hall–Kier alpha value is -1.42. The molecule has 23 heavy (non-hydrogen) atoms. The van der Waals surface area contributed by atoms with Crippen molar-refractivity contribution in [1.82, 2.24) is 5.32 Å². The van der Waals surface area contributed by atoms with Gasteiger partial charge in [0.15, 0.2) is 11.5 Å². The molecule has 0 amide bonds. The van der Waals surface area contributed by atoms with Gasteiger partial charge in [-0.2, -0.15) is 0 Å². The molecule has 1 unspecified atom stereocenters. The van der Waals surface area contributed by atoms with Gasteiger partial charge in [-0.3, -0.25) is 0 Å². The number of halogens is 2. The third-order valence-electron chi connectivity index (χ3n) is 3.49. The molecule has 0 spiro atoms. The summed E-state index contributed by atoms with van der Waals surface area (Å²) in [6.45, 7) is 5.33. The van der Waals surface area contributed by atoms with E-state index >= 15 is 0 Å². The fourth-order valence-corrected chi connectivity index (χ4v) is 2.58. The Morgan fingerprint density at radius 3 is 2.48 bits per heavy atom. The van der Waals surface area contributed by atoms with E-state index in [-0.39, 0.29) is 18.4 Å². The zero-order chi connectivity index (χ0) is 15.9. The second-order valence-electron chi connectivity index (χ2n) is 5.06. The van der Waals surface area contributed by atoms with Crippen LogP contribution in [0.1, 0.15) is 31.0 Å². The lowest BCUT2D eigenvalue weighted by Crippen LogP contribution is -2.18. The second kappa shape index (κ2) is 9.66. The van der Waals surface area contributed by atoms with Gasteiger partial charge in [0.05, 0.1) is 18.7 Å². The van der Waals surface area contributed by atoms with Crippen LogP contribution in [0, 0.1) is 0 Å². The highest BCUT2D eigenvalue weighted by Gasteiger charge is 2.12. The largest absolute Gasteiger partial charge is 0.493 e. The molecular formula is C18H23Cl2NO2. The van der Waals surface area contributed by atoms with Crippen molar-refractivity contribution in [2.45, 2.75) is 26.4 Å². The van der Waals surface area contributed by atoms with Crippen molar-refractivity contribution in [2.24, 2.45) is 0 Å². The Balaban J connectivity index is 0.00000264. The summed E-state index contributed by atoms with van der Waals surface area (Å²) in [5.74, 6) is 1.27. The fourth-order valence-electron chi connectivity index (χ4n) is 2.29. The quantitative estimate of drug-likeness (QED) is 0.756. The summed E-state index contributed by atoms with van der Waals surface area (Å²) in [6.07, 6.45) is 0. The topological polar surface area (TPSA) is 30.5 Å². The summed E-state index contributed by atoms with van der Waals surface area (Å²) in [5.41, 5.74) is 2.32. The van der Waals surface area contributed by atoms with Crippen molar-refractivity contribution in [3.05, 3.63) is 58.6 Å². The van der Waals surface area contributed by atoms with Gasteiger partial charge < -0.3 is 14.8 Å². The van der Waals surface area contributed by atoms with E-state index in [0.29, 0.717) is 29.7 Å². The first-order valence-electron chi connectivity index (χ1n) is 7.43. The molecule has 0 aliphatic rings. The van der Waals surface area contributed by atoms with Crippen LogP contribution in [-0.4, -0.2) is 13.7 Å². The lowest BCUT2D eigenvalue weighted by molar-refractivity contribution is 0.311. The summed E-state index contributed by atoms with van der Waals surface area (Å²) in [6, 6.07) is 14.5. The van der Waals surface area contributed by atoms with Crippen molar-refractivity contribution in [3.8, 4) is 11.5 Å². The Labute approximate surface area is 149 Å². The molecule has 126 valence electrons. The van der Waals surface area contributed by atoms with E-state index < -0.39 is 0 Å². The minimum Gasteiger partial charge on any atom is -0.493 e. The monoisotopic (exact) mass is 355 g/mol. The van der Waals surface area contributed by atoms with Crippen molar-refractivity contribution in [1.29, 1.82) is 0 Å².